The van der Waals surface area contributed by atoms with E-state index in [-0.39, 0.29) is 0 Å². The van der Waals surface area contributed by atoms with Gasteiger partial charge in [-0.1, -0.05) is 35.4 Å². The monoisotopic (exact) mass is 420 g/mol. The molecule has 0 amide bonds. The van der Waals surface area contributed by atoms with E-state index in [0.717, 1.165) is 37.1 Å². The number of hydrogen-bond donors (Lipinski definition) is 2. The van der Waals surface area contributed by atoms with Crippen LogP contribution in [0.15, 0.2) is 24.5 Å². The molecule has 2 aromatic heterocycles. The summed E-state index contributed by atoms with van der Waals surface area (Å²) in [6, 6.07) is 4.57. The third kappa shape index (κ3) is 4.94. The second kappa shape index (κ2) is 9.09. The lowest BCUT2D eigenvalue weighted by molar-refractivity contribution is 0.217. The standard InChI is InChI=1S/C20H22Cl2N4O2/c21-19-13(7-17(9-25-19)27-11-15-3-5-23-15)1-2-14-8-18(10-26-20(14)22)28-12-16-4-6-24-16/h1-2,7-10,15-16,23-24H,3-6,11-12H2/b2-1+/t15-,16?/m0/s1. The van der Waals surface area contributed by atoms with Crippen LogP contribution in [0.4, 0.5) is 0 Å². The maximum Gasteiger partial charge on any atom is 0.138 e. The largest absolute Gasteiger partial charge is 0.490 e. The van der Waals surface area contributed by atoms with E-state index in [9.17, 15) is 0 Å². The summed E-state index contributed by atoms with van der Waals surface area (Å²) in [5.41, 5.74) is 1.50. The van der Waals surface area contributed by atoms with Gasteiger partial charge in [-0.25, -0.2) is 9.97 Å². The van der Waals surface area contributed by atoms with Crippen molar-refractivity contribution in [2.45, 2.75) is 24.9 Å². The molecule has 2 aromatic rings. The minimum Gasteiger partial charge on any atom is -0.490 e. The van der Waals surface area contributed by atoms with Gasteiger partial charge in [-0.3, -0.25) is 0 Å². The number of nitrogens with one attached hydrogen (secondary N) is 2. The number of aromatic nitrogens is 2. The van der Waals surface area contributed by atoms with Crippen LogP contribution in [-0.4, -0.2) is 48.4 Å². The summed E-state index contributed by atoms with van der Waals surface area (Å²) in [6.07, 6.45) is 9.24. The highest BCUT2D eigenvalue weighted by atomic mass is 35.5. The van der Waals surface area contributed by atoms with Crippen molar-refractivity contribution in [2.75, 3.05) is 26.3 Å². The van der Waals surface area contributed by atoms with Crippen molar-refractivity contribution in [1.82, 2.24) is 20.6 Å². The van der Waals surface area contributed by atoms with Crippen LogP contribution < -0.4 is 20.1 Å². The van der Waals surface area contributed by atoms with E-state index in [1.165, 1.54) is 0 Å². The summed E-state index contributed by atoms with van der Waals surface area (Å²) in [5, 5.41) is 7.40. The molecule has 8 heteroatoms. The first-order chi connectivity index (χ1) is 13.7. The molecular formula is C20H22Cl2N4O2. The van der Waals surface area contributed by atoms with E-state index in [0.29, 0.717) is 47.1 Å². The normalized spacial score (nSPS) is 21.2. The van der Waals surface area contributed by atoms with E-state index < -0.39 is 0 Å². The first-order valence-electron chi connectivity index (χ1n) is 9.39. The Hall–Kier alpha value is -1.86. The molecule has 28 heavy (non-hydrogen) atoms. The van der Waals surface area contributed by atoms with Gasteiger partial charge in [0.1, 0.15) is 35.0 Å². The van der Waals surface area contributed by atoms with E-state index in [2.05, 4.69) is 20.6 Å². The summed E-state index contributed by atoms with van der Waals surface area (Å²) in [5.74, 6) is 1.37. The van der Waals surface area contributed by atoms with Crippen molar-refractivity contribution < 1.29 is 9.47 Å². The summed E-state index contributed by atoms with van der Waals surface area (Å²) in [4.78, 5) is 8.41. The van der Waals surface area contributed by atoms with E-state index >= 15 is 0 Å². The van der Waals surface area contributed by atoms with Gasteiger partial charge in [-0.15, -0.1) is 0 Å². The Labute approximate surface area is 174 Å². The van der Waals surface area contributed by atoms with Crippen molar-refractivity contribution >= 4 is 35.4 Å². The molecule has 1 unspecified atom stereocenters. The number of hydrogen-bond acceptors (Lipinski definition) is 6. The number of pyridine rings is 2. The van der Waals surface area contributed by atoms with Gasteiger partial charge in [0.05, 0.1) is 12.4 Å². The van der Waals surface area contributed by atoms with Crippen LogP contribution in [0.25, 0.3) is 12.2 Å². The molecular weight excluding hydrogens is 399 g/mol. The molecule has 2 atom stereocenters. The highest BCUT2D eigenvalue weighted by molar-refractivity contribution is 6.31. The van der Waals surface area contributed by atoms with E-state index in [4.69, 9.17) is 32.7 Å². The first-order valence-corrected chi connectivity index (χ1v) is 10.1. The Morgan fingerprint density at radius 3 is 1.64 bits per heavy atom. The van der Waals surface area contributed by atoms with Gasteiger partial charge < -0.3 is 20.1 Å². The van der Waals surface area contributed by atoms with Crippen molar-refractivity contribution in [3.05, 3.63) is 46.0 Å². The van der Waals surface area contributed by atoms with Crippen LogP contribution in [0, 0.1) is 0 Å². The fourth-order valence-corrected chi connectivity index (χ4v) is 3.17. The van der Waals surface area contributed by atoms with Crippen molar-refractivity contribution in [3.63, 3.8) is 0 Å². The van der Waals surface area contributed by atoms with Gasteiger partial charge in [-0.05, 0) is 38.1 Å². The van der Waals surface area contributed by atoms with Gasteiger partial charge in [0.25, 0.3) is 0 Å². The molecule has 0 aliphatic carbocycles. The molecule has 2 aliphatic rings. The van der Waals surface area contributed by atoms with Gasteiger partial charge in [0.2, 0.25) is 0 Å². The highest BCUT2D eigenvalue weighted by Gasteiger charge is 2.17. The fraction of sp³-hybridized carbons (Fsp3) is 0.400. The highest BCUT2D eigenvalue weighted by Crippen LogP contribution is 2.25. The minimum atomic E-state index is 0.401. The number of nitrogens with zero attached hydrogens (tertiary/aromatic N) is 2. The molecule has 0 aromatic carbocycles. The maximum atomic E-state index is 6.23. The molecule has 148 valence electrons. The number of ether oxygens (including phenoxy) is 2. The summed E-state index contributed by atoms with van der Waals surface area (Å²) < 4.78 is 11.6. The lowest BCUT2D eigenvalue weighted by Crippen LogP contribution is -2.46. The molecule has 0 bridgehead atoms. The zero-order valence-electron chi connectivity index (χ0n) is 15.3. The topological polar surface area (TPSA) is 68.3 Å². The summed E-state index contributed by atoms with van der Waals surface area (Å²) in [6.45, 7) is 3.35. The number of halogens is 2. The zero-order chi connectivity index (χ0) is 19.3. The second-order valence-corrected chi connectivity index (χ2v) is 7.65. The second-order valence-electron chi connectivity index (χ2n) is 6.94. The molecule has 0 saturated carbocycles. The molecule has 0 radical (unpaired) electrons. The van der Waals surface area contributed by atoms with Crippen LogP contribution >= 0.6 is 23.2 Å². The van der Waals surface area contributed by atoms with Crippen LogP contribution in [0.1, 0.15) is 24.0 Å². The fourth-order valence-electron chi connectivity index (χ4n) is 2.84. The van der Waals surface area contributed by atoms with Gasteiger partial charge in [0.15, 0.2) is 0 Å². The predicted octanol–water partition coefficient (Wildman–Crippen LogP) is 3.44. The van der Waals surface area contributed by atoms with Crippen LogP contribution in [-0.2, 0) is 0 Å². The first kappa shape index (κ1) is 19.5. The quantitative estimate of drug-likeness (QED) is 0.637. The van der Waals surface area contributed by atoms with E-state index in [1.54, 1.807) is 12.4 Å². The molecule has 6 nitrogen and oxygen atoms in total. The summed E-state index contributed by atoms with van der Waals surface area (Å²) in [7, 11) is 0. The third-order valence-electron chi connectivity index (χ3n) is 4.88. The van der Waals surface area contributed by atoms with Crippen molar-refractivity contribution in [1.29, 1.82) is 0 Å². The molecule has 4 rings (SSSR count). The van der Waals surface area contributed by atoms with Crippen molar-refractivity contribution in [3.8, 4) is 11.5 Å². The average Bonchev–Trinajstić information content (AvgIpc) is 2.61. The smallest absolute Gasteiger partial charge is 0.138 e. The van der Waals surface area contributed by atoms with Crippen LogP contribution in [0.3, 0.4) is 0 Å². The maximum absolute atomic E-state index is 6.23. The average molecular weight is 421 g/mol. The Bertz CT molecular complexity index is 785. The van der Waals surface area contributed by atoms with Gasteiger partial charge in [0, 0.05) is 23.2 Å². The van der Waals surface area contributed by atoms with Crippen molar-refractivity contribution in [2.24, 2.45) is 0 Å². The molecule has 2 saturated heterocycles. The SMILES string of the molecule is Clc1ncc(OCC2CCN2)cc1/C=C/c1cc(OC[C@@H]2CCN2)cnc1Cl. The van der Waals surface area contributed by atoms with E-state index in [1.807, 2.05) is 24.3 Å². The Balaban J connectivity index is 1.43. The predicted molar refractivity (Wildman–Crippen MR) is 111 cm³/mol. The van der Waals surface area contributed by atoms with Crippen LogP contribution in [0.2, 0.25) is 10.3 Å². The summed E-state index contributed by atoms with van der Waals surface area (Å²) >= 11 is 12.5. The molecule has 2 N–H and O–H groups in total. The lowest BCUT2D eigenvalue weighted by Gasteiger charge is -2.27. The zero-order valence-corrected chi connectivity index (χ0v) is 16.8. The Morgan fingerprint density at radius 1 is 0.857 bits per heavy atom. The molecule has 2 fully saturated rings. The third-order valence-corrected chi connectivity index (χ3v) is 5.51. The molecule has 4 heterocycles. The molecule has 0 spiro atoms. The van der Waals surface area contributed by atoms with Gasteiger partial charge in [-0.2, -0.15) is 0 Å². The number of rotatable bonds is 8. The Morgan fingerprint density at radius 2 is 1.29 bits per heavy atom. The lowest BCUT2D eigenvalue weighted by atomic mass is 10.1. The minimum absolute atomic E-state index is 0.401. The van der Waals surface area contributed by atoms with Gasteiger partial charge >= 0.3 is 0 Å². The van der Waals surface area contributed by atoms with Crippen LogP contribution in [0.5, 0.6) is 11.5 Å². The molecule has 2 aliphatic heterocycles. The Kier molecular flexibility index (Phi) is 6.32.